The van der Waals surface area contributed by atoms with Gasteiger partial charge in [-0.2, -0.15) is 9.97 Å². The van der Waals surface area contributed by atoms with Crippen LogP contribution < -0.4 is 19.1 Å². The summed E-state index contributed by atoms with van der Waals surface area (Å²) in [5.74, 6) is 2.66. The Morgan fingerprint density at radius 1 is 1.02 bits per heavy atom. The maximum absolute atomic E-state index is 18.0. The topological polar surface area (TPSA) is 123 Å². The normalized spacial score (nSPS) is 24.4. The second-order valence-electron chi connectivity index (χ2n) is 18.7. The molecule has 0 saturated carbocycles. The molecular formula is C46H55F3N6O6Si. The average Bonchev–Trinajstić information content (AvgIpc) is 3.84. The number of nitrogens with zero attached hydrogens (tertiary/aromatic N) is 6. The zero-order chi connectivity index (χ0) is 43.8. The minimum absolute atomic E-state index is 0.0340. The third kappa shape index (κ3) is 6.80. The van der Waals surface area contributed by atoms with Crippen LogP contribution in [0.1, 0.15) is 79.2 Å². The van der Waals surface area contributed by atoms with Crippen LogP contribution in [0.4, 0.5) is 23.8 Å². The van der Waals surface area contributed by atoms with E-state index >= 15 is 8.78 Å². The Hall–Kier alpha value is -4.85. The molecule has 16 heteroatoms. The first-order valence-electron chi connectivity index (χ1n) is 21.9. The highest BCUT2D eigenvalue weighted by molar-refractivity contribution is 6.90. The van der Waals surface area contributed by atoms with Crippen molar-refractivity contribution >= 4 is 41.7 Å². The number of anilines is 1. The smallest absolute Gasteiger partial charge is 0.407 e. The Labute approximate surface area is 361 Å². The van der Waals surface area contributed by atoms with Gasteiger partial charge in [0.05, 0.1) is 29.2 Å². The fraction of sp³-hybridized carbons (Fsp3) is 0.565. The van der Waals surface area contributed by atoms with Crippen LogP contribution >= 0.6 is 0 Å². The number of pyridine rings is 1. The molecule has 5 aliphatic rings. The first kappa shape index (κ1) is 42.4. The molecule has 0 aliphatic carbocycles. The van der Waals surface area contributed by atoms with Crippen molar-refractivity contribution < 1.29 is 42.0 Å². The van der Waals surface area contributed by atoms with Crippen LogP contribution in [-0.2, 0) is 4.74 Å². The number of benzene rings is 2. The highest BCUT2D eigenvalue weighted by atomic mass is 28.3. The molecule has 62 heavy (non-hydrogen) atoms. The summed E-state index contributed by atoms with van der Waals surface area (Å²) in [6, 6.07) is 5.05. The number of ether oxygens (including phenoxy) is 4. The summed E-state index contributed by atoms with van der Waals surface area (Å²) in [4.78, 5) is 32.7. The molecule has 1 N–H and O–H groups in total. The van der Waals surface area contributed by atoms with Gasteiger partial charge in [0.1, 0.15) is 61.4 Å². The number of fused-ring (bicyclic) bond motifs is 7. The van der Waals surface area contributed by atoms with Crippen molar-refractivity contribution in [3.63, 3.8) is 0 Å². The number of hydrogen-bond donors (Lipinski definition) is 1. The van der Waals surface area contributed by atoms with E-state index in [0.717, 1.165) is 19.4 Å². The number of methoxy groups -OCH3 is 1. The molecule has 2 aromatic carbocycles. The SMILES string of the molecule is COCOc1cc(-c2nc3c4c(nc(OC[C@@]56CCCN5C[C@H](F)C6)nc4c2F)N2CC4CCC(C2CO3)N4C(=O)O)c2c(C#C[Si](C(C)C)(C(C)C)C(C)C)c(F)ccc2c1. The number of hydrogen-bond acceptors (Lipinski definition) is 10. The van der Waals surface area contributed by atoms with Gasteiger partial charge in [0.15, 0.2) is 12.6 Å². The number of carboxylic acid groups (broad SMARTS) is 1. The Balaban J connectivity index is 1.27. The van der Waals surface area contributed by atoms with E-state index in [0.29, 0.717) is 54.7 Å². The molecule has 0 spiro atoms. The van der Waals surface area contributed by atoms with Gasteiger partial charge in [-0.15, -0.1) is 5.54 Å². The summed E-state index contributed by atoms with van der Waals surface area (Å²) in [7, 11) is -0.867. The Kier molecular flexibility index (Phi) is 11.0. The predicted molar refractivity (Wildman–Crippen MR) is 232 cm³/mol. The number of aromatic nitrogens is 3. The van der Waals surface area contributed by atoms with Gasteiger partial charge in [0.2, 0.25) is 5.88 Å². The molecule has 9 rings (SSSR count). The monoisotopic (exact) mass is 872 g/mol. The molecule has 330 valence electrons. The molecule has 12 nitrogen and oxygen atoms in total. The minimum Gasteiger partial charge on any atom is -0.475 e. The molecule has 5 atom stereocenters. The van der Waals surface area contributed by atoms with Crippen LogP contribution in [0.15, 0.2) is 24.3 Å². The molecule has 4 aromatic rings. The zero-order valence-corrected chi connectivity index (χ0v) is 37.4. The van der Waals surface area contributed by atoms with Gasteiger partial charge in [0.25, 0.3) is 0 Å². The number of alkyl halides is 1. The molecule has 4 saturated heterocycles. The highest BCUT2D eigenvalue weighted by Gasteiger charge is 2.52. The van der Waals surface area contributed by atoms with Gasteiger partial charge < -0.3 is 29.0 Å². The summed E-state index contributed by atoms with van der Waals surface area (Å²) in [5, 5.41) is 11.4. The Morgan fingerprint density at radius 2 is 1.79 bits per heavy atom. The number of carbonyl (C=O) groups is 1. The van der Waals surface area contributed by atoms with E-state index in [9.17, 15) is 14.3 Å². The maximum Gasteiger partial charge on any atom is 0.407 e. The van der Waals surface area contributed by atoms with Crippen LogP contribution in [-0.4, -0.2) is 121 Å². The van der Waals surface area contributed by atoms with Gasteiger partial charge in [-0.3, -0.25) is 9.80 Å². The summed E-state index contributed by atoms with van der Waals surface area (Å²) in [6.45, 7) is 14.6. The molecule has 0 radical (unpaired) electrons. The maximum atomic E-state index is 18.0. The van der Waals surface area contributed by atoms with Gasteiger partial charge in [0, 0.05) is 37.6 Å². The van der Waals surface area contributed by atoms with Crippen molar-refractivity contribution in [1.82, 2.24) is 24.8 Å². The van der Waals surface area contributed by atoms with Crippen molar-refractivity contribution in [2.45, 2.75) is 120 Å². The summed E-state index contributed by atoms with van der Waals surface area (Å²) in [5.41, 5.74) is 4.01. The number of rotatable bonds is 10. The van der Waals surface area contributed by atoms with Crippen LogP contribution in [0.2, 0.25) is 16.6 Å². The molecule has 2 aromatic heterocycles. The van der Waals surface area contributed by atoms with E-state index in [1.165, 1.54) is 18.1 Å². The largest absolute Gasteiger partial charge is 0.475 e. The van der Waals surface area contributed by atoms with Crippen LogP contribution in [0, 0.1) is 23.1 Å². The first-order chi connectivity index (χ1) is 29.7. The van der Waals surface area contributed by atoms with E-state index in [-0.39, 0.29) is 82.3 Å². The average molecular weight is 873 g/mol. The molecule has 2 bridgehead atoms. The Morgan fingerprint density at radius 3 is 2.52 bits per heavy atom. The molecule has 4 fully saturated rings. The van der Waals surface area contributed by atoms with Gasteiger partial charge in [-0.05, 0) is 72.4 Å². The van der Waals surface area contributed by atoms with E-state index in [1.54, 1.807) is 18.2 Å². The molecule has 7 heterocycles. The summed E-state index contributed by atoms with van der Waals surface area (Å²) >= 11 is 0. The lowest BCUT2D eigenvalue weighted by Gasteiger charge is -2.45. The van der Waals surface area contributed by atoms with Crippen molar-refractivity contribution in [3.8, 4) is 40.4 Å². The number of halogens is 3. The molecule has 3 unspecified atom stereocenters. The predicted octanol–water partition coefficient (Wildman–Crippen LogP) is 8.72. The molecule has 1 amide bonds. The van der Waals surface area contributed by atoms with Gasteiger partial charge in [-0.25, -0.2) is 22.9 Å². The van der Waals surface area contributed by atoms with Crippen LogP contribution in [0.3, 0.4) is 0 Å². The molecule has 5 aliphatic heterocycles. The lowest BCUT2D eigenvalue weighted by Crippen LogP contribution is -2.62. The first-order valence-corrected chi connectivity index (χ1v) is 24.2. The van der Waals surface area contributed by atoms with Crippen molar-refractivity contribution in [1.29, 1.82) is 0 Å². The van der Waals surface area contributed by atoms with Crippen molar-refractivity contribution in [3.05, 3.63) is 41.5 Å². The van der Waals surface area contributed by atoms with E-state index in [2.05, 4.69) is 57.9 Å². The van der Waals surface area contributed by atoms with E-state index in [4.69, 9.17) is 33.9 Å². The second kappa shape index (κ2) is 16.0. The van der Waals surface area contributed by atoms with Crippen molar-refractivity contribution in [2.24, 2.45) is 0 Å². The second-order valence-corrected chi connectivity index (χ2v) is 24.3. The van der Waals surface area contributed by atoms with Crippen LogP contribution in [0.25, 0.3) is 32.9 Å². The highest BCUT2D eigenvalue weighted by Crippen LogP contribution is 2.48. The lowest BCUT2D eigenvalue weighted by atomic mass is 9.95. The Bertz CT molecular complexity index is 2480. The third-order valence-electron chi connectivity index (χ3n) is 14.5. The zero-order valence-electron chi connectivity index (χ0n) is 36.4. The fourth-order valence-corrected chi connectivity index (χ4v) is 17.0. The summed E-state index contributed by atoms with van der Waals surface area (Å²) in [6.07, 6.45) is 1.28. The number of piperazine rings is 1. The summed E-state index contributed by atoms with van der Waals surface area (Å²) < 4.78 is 73.3. The quantitative estimate of drug-likeness (QED) is 0.0936. The van der Waals surface area contributed by atoms with E-state index in [1.807, 2.05) is 4.90 Å². The minimum atomic E-state index is -2.36. The lowest BCUT2D eigenvalue weighted by molar-refractivity contribution is 0.0512. The standard InChI is InChI=1S/C46H55F3N6O6Si/c1-25(2)62(26(3)4,27(5)6)16-13-32-34(48)11-9-28-17-31(61-24-58-7)18-33(37(28)32)40-39(49)41-38-42(52-44(51-41)60-23-46-14-8-15-53(46)20-29(47)19-46)54-21-30-10-12-35(55(30)45(56)57)36(54)22-59-43(38)50-40/h9,11,17-18,25-27,29-30,35-36H,8,10,12,14-15,19-24H2,1-7H3,(H,56,57)/t29-,30?,35?,36?,46+/m1/s1. The van der Waals surface area contributed by atoms with Gasteiger partial charge >= 0.3 is 12.1 Å². The van der Waals surface area contributed by atoms with Crippen LogP contribution in [0.5, 0.6) is 17.6 Å². The molecular weight excluding hydrogens is 818 g/mol. The van der Waals surface area contributed by atoms with Crippen molar-refractivity contribution in [2.75, 3.05) is 51.7 Å². The van der Waals surface area contributed by atoms with Gasteiger partial charge in [-0.1, -0.05) is 53.5 Å². The number of amides is 1. The fourth-order valence-electron chi connectivity index (χ4n) is 11.8. The van der Waals surface area contributed by atoms with E-state index < -0.39 is 49.6 Å². The third-order valence-corrected chi connectivity index (χ3v) is 20.8.